The van der Waals surface area contributed by atoms with Crippen molar-refractivity contribution in [3.63, 3.8) is 0 Å². The second-order valence-electron chi connectivity index (χ2n) is 8.94. The molecular formula is C20H27FN3O9P. The van der Waals surface area contributed by atoms with E-state index in [1.807, 2.05) is 0 Å². The fourth-order valence-corrected chi connectivity index (χ4v) is 5.83. The van der Waals surface area contributed by atoms with E-state index in [1.165, 1.54) is 0 Å². The molecular weight excluding hydrogens is 476 g/mol. The molecule has 0 amide bonds. The molecule has 0 aliphatic carbocycles. The Bertz CT molecular complexity index is 1260. The summed E-state index contributed by atoms with van der Waals surface area (Å²) in [4.78, 5) is 40.3. The molecule has 188 valence electrons. The van der Waals surface area contributed by atoms with Crippen LogP contribution in [0.5, 0.6) is 0 Å². The molecule has 12 nitrogen and oxygen atoms in total. The van der Waals surface area contributed by atoms with E-state index in [4.69, 9.17) is 14.0 Å². The van der Waals surface area contributed by atoms with E-state index in [0.29, 0.717) is 0 Å². The molecule has 0 aromatic carbocycles. The number of aliphatic hydroxyl groups excluding tert-OH is 2. The van der Waals surface area contributed by atoms with Gasteiger partial charge in [0.15, 0.2) is 17.4 Å². The van der Waals surface area contributed by atoms with Crippen LogP contribution in [0.4, 0.5) is 4.39 Å². The van der Waals surface area contributed by atoms with Gasteiger partial charge in [0, 0.05) is 18.0 Å². The van der Waals surface area contributed by atoms with Gasteiger partial charge in [-0.3, -0.25) is 13.9 Å². The Hall–Kier alpha value is -1.99. The standard InChI is InChI=1S/C20H27FN3O9P/c1-4-19(3,33-34(29,30)20(5-2)9-31-20)7-12-13(25)14(26)17(32-12)24-8-10-6-11(21)16(27)22-15(10)23-18(24)28/h6,8,12-14,17,25-26H,4-5,7,9H2,1-3H3,(H,29,30)(H,22,23,27,28). The van der Waals surface area contributed by atoms with Gasteiger partial charge in [-0.1, -0.05) is 13.8 Å². The fourth-order valence-electron chi connectivity index (χ4n) is 4.07. The Morgan fingerprint density at radius 2 is 2.06 bits per heavy atom. The minimum absolute atomic E-state index is 0.0719. The monoisotopic (exact) mass is 503 g/mol. The third-order valence-electron chi connectivity index (χ3n) is 6.59. The maximum Gasteiger partial charge on any atom is 0.362 e. The van der Waals surface area contributed by atoms with Gasteiger partial charge in [0.05, 0.1) is 18.3 Å². The number of H-pyrrole nitrogens is 1. The lowest BCUT2D eigenvalue weighted by atomic mass is 9.93. The molecule has 0 bridgehead atoms. The maximum atomic E-state index is 13.7. The molecule has 2 aliphatic heterocycles. The van der Waals surface area contributed by atoms with Crippen molar-refractivity contribution in [3.8, 4) is 0 Å². The summed E-state index contributed by atoms with van der Waals surface area (Å²) < 4.78 is 44.1. The van der Waals surface area contributed by atoms with E-state index >= 15 is 0 Å². The Balaban J connectivity index is 1.59. The van der Waals surface area contributed by atoms with Crippen LogP contribution in [0, 0.1) is 5.82 Å². The summed E-state index contributed by atoms with van der Waals surface area (Å²) in [6.07, 6.45) is -3.86. The number of aromatic amines is 1. The molecule has 0 spiro atoms. The highest BCUT2D eigenvalue weighted by Crippen LogP contribution is 2.66. The molecule has 2 aromatic rings. The first-order valence-electron chi connectivity index (χ1n) is 10.9. The molecule has 4 N–H and O–H groups in total. The van der Waals surface area contributed by atoms with Crippen molar-refractivity contribution >= 4 is 18.6 Å². The number of pyridine rings is 1. The molecule has 0 saturated carbocycles. The molecule has 4 rings (SSSR count). The highest BCUT2D eigenvalue weighted by Gasteiger charge is 2.61. The highest BCUT2D eigenvalue weighted by molar-refractivity contribution is 7.54. The van der Waals surface area contributed by atoms with Gasteiger partial charge in [-0.15, -0.1) is 0 Å². The number of fused-ring (bicyclic) bond motifs is 1. The number of hydrogen-bond acceptors (Lipinski definition) is 9. The van der Waals surface area contributed by atoms with Crippen LogP contribution in [0.3, 0.4) is 0 Å². The molecule has 4 heterocycles. The van der Waals surface area contributed by atoms with Crippen molar-refractivity contribution < 1.29 is 38.1 Å². The topological polar surface area (TPSA) is 176 Å². The van der Waals surface area contributed by atoms with E-state index in [2.05, 4.69) is 9.97 Å². The molecule has 2 aromatic heterocycles. The average Bonchev–Trinajstić information content (AvgIpc) is 3.54. The van der Waals surface area contributed by atoms with Crippen molar-refractivity contribution in [1.29, 1.82) is 0 Å². The zero-order valence-corrected chi connectivity index (χ0v) is 19.7. The number of nitrogens with one attached hydrogen (secondary N) is 1. The smallest absolute Gasteiger partial charge is 0.362 e. The lowest BCUT2D eigenvalue weighted by Crippen LogP contribution is -2.39. The highest BCUT2D eigenvalue weighted by atomic mass is 31.2. The predicted molar refractivity (Wildman–Crippen MR) is 116 cm³/mol. The van der Waals surface area contributed by atoms with E-state index in [1.54, 1.807) is 20.8 Å². The van der Waals surface area contributed by atoms with Crippen LogP contribution in [0.1, 0.15) is 46.3 Å². The number of ether oxygens (including phenoxy) is 2. The summed E-state index contributed by atoms with van der Waals surface area (Å²) in [5.74, 6) is -1.08. The summed E-state index contributed by atoms with van der Waals surface area (Å²) in [6.45, 7) is 5.13. The van der Waals surface area contributed by atoms with Crippen LogP contribution >= 0.6 is 7.60 Å². The van der Waals surface area contributed by atoms with E-state index in [9.17, 15) is 33.7 Å². The van der Waals surface area contributed by atoms with Crippen LogP contribution in [0.25, 0.3) is 11.0 Å². The van der Waals surface area contributed by atoms with Crippen molar-refractivity contribution in [2.45, 2.75) is 75.5 Å². The van der Waals surface area contributed by atoms with Gasteiger partial charge in [0.25, 0.3) is 5.56 Å². The van der Waals surface area contributed by atoms with Crippen LogP contribution in [0.2, 0.25) is 0 Å². The third kappa shape index (κ3) is 4.26. The normalized spacial score (nSPS) is 32.4. The summed E-state index contributed by atoms with van der Waals surface area (Å²) in [7, 11) is -4.18. The summed E-state index contributed by atoms with van der Waals surface area (Å²) in [6, 6.07) is 0.886. The lowest BCUT2D eigenvalue weighted by Gasteiger charge is -2.34. The molecule has 14 heteroatoms. The molecule has 7 unspecified atom stereocenters. The van der Waals surface area contributed by atoms with Crippen molar-refractivity contribution in [1.82, 2.24) is 14.5 Å². The number of aliphatic hydroxyl groups is 2. The molecule has 2 aliphatic rings. The van der Waals surface area contributed by atoms with Crippen LogP contribution < -0.4 is 11.2 Å². The minimum atomic E-state index is -4.18. The van der Waals surface area contributed by atoms with Gasteiger partial charge in [-0.2, -0.15) is 4.98 Å². The Morgan fingerprint density at radius 1 is 1.38 bits per heavy atom. The zero-order chi connectivity index (χ0) is 25.1. The number of nitrogens with zero attached hydrogens (tertiary/aromatic N) is 2. The first-order valence-corrected chi connectivity index (χ1v) is 12.4. The molecule has 0 radical (unpaired) electrons. The van der Waals surface area contributed by atoms with Crippen molar-refractivity contribution in [3.05, 3.63) is 38.9 Å². The second kappa shape index (κ2) is 8.59. The SMILES string of the molecule is CCC(C)(CC1OC(n2cc3cc(F)c(=O)[nH]c3nc2=O)C(O)C1O)OP(=O)(O)C1(CC)CO1. The van der Waals surface area contributed by atoms with Crippen LogP contribution in [-0.2, 0) is 18.6 Å². The van der Waals surface area contributed by atoms with Crippen LogP contribution in [-0.4, -0.2) is 65.5 Å². The minimum Gasteiger partial charge on any atom is -0.388 e. The Morgan fingerprint density at radius 3 is 2.65 bits per heavy atom. The van der Waals surface area contributed by atoms with E-state index in [-0.39, 0.29) is 36.9 Å². The number of rotatable bonds is 8. The predicted octanol–water partition coefficient (Wildman–Crippen LogP) is 0.740. The number of hydrogen-bond donors (Lipinski definition) is 4. The number of halogens is 1. The fraction of sp³-hybridized carbons (Fsp3) is 0.650. The van der Waals surface area contributed by atoms with Gasteiger partial charge in [0.2, 0.25) is 0 Å². The number of epoxide rings is 1. The van der Waals surface area contributed by atoms with E-state index < -0.39 is 60.1 Å². The largest absolute Gasteiger partial charge is 0.388 e. The summed E-state index contributed by atoms with van der Waals surface area (Å²) in [5.41, 5.74) is -3.31. The van der Waals surface area contributed by atoms with Gasteiger partial charge >= 0.3 is 13.3 Å². The van der Waals surface area contributed by atoms with Crippen molar-refractivity contribution in [2.24, 2.45) is 0 Å². The molecule has 2 saturated heterocycles. The second-order valence-corrected chi connectivity index (χ2v) is 11.0. The average molecular weight is 503 g/mol. The van der Waals surface area contributed by atoms with Gasteiger partial charge in [-0.05, 0) is 25.8 Å². The first kappa shape index (κ1) is 25.1. The summed E-state index contributed by atoms with van der Waals surface area (Å²) in [5, 5.41) is 20.0. The maximum absolute atomic E-state index is 13.7. The molecule has 7 atom stereocenters. The van der Waals surface area contributed by atoms with Gasteiger partial charge in [-0.25, -0.2) is 9.18 Å². The van der Waals surface area contributed by atoms with Gasteiger partial charge in [0.1, 0.15) is 17.9 Å². The number of aromatic nitrogens is 3. The van der Waals surface area contributed by atoms with E-state index in [0.717, 1.165) is 16.8 Å². The quantitative estimate of drug-likeness (QED) is 0.297. The van der Waals surface area contributed by atoms with Crippen molar-refractivity contribution in [2.75, 3.05) is 6.61 Å². The Labute approximate surface area is 192 Å². The first-order chi connectivity index (χ1) is 15.8. The van der Waals surface area contributed by atoms with Gasteiger partial charge < -0.3 is 34.1 Å². The molecule has 2 fully saturated rings. The summed E-state index contributed by atoms with van der Waals surface area (Å²) >= 11 is 0. The molecule has 34 heavy (non-hydrogen) atoms. The Kier molecular flexibility index (Phi) is 6.35. The van der Waals surface area contributed by atoms with Crippen LogP contribution in [0.15, 0.2) is 21.9 Å². The zero-order valence-electron chi connectivity index (χ0n) is 18.8. The third-order valence-corrected chi connectivity index (χ3v) is 8.88. The lowest BCUT2D eigenvalue weighted by molar-refractivity contribution is -0.0686.